The molecular weight excluding hydrogens is 641 g/mol. The van der Waals surface area contributed by atoms with Crippen LogP contribution in [0.1, 0.15) is 0 Å². The molecule has 0 fully saturated rings. The molecule has 242 valence electrons. The highest BCUT2D eigenvalue weighted by Gasteiger charge is 2.23. The lowest BCUT2D eigenvalue weighted by Crippen LogP contribution is -2.02. The Morgan fingerprint density at radius 3 is 1.88 bits per heavy atom. The van der Waals surface area contributed by atoms with Gasteiger partial charge in [0.15, 0.2) is 23.1 Å². The number of para-hydroxylation sites is 1. The van der Waals surface area contributed by atoms with E-state index in [9.17, 15) is 0 Å². The van der Waals surface area contributed by atoms with Crippen LogP contribution in [0.5, 0.6) is 0 Å². The summed E-state index contributed by atoms with van der Waals surface area (Å²) in [4.78, 5) is 20.3. The lowest BCUT2D eigenvalue weighted by Gasteiger charge is -2.15. The van der Waals surface area contributed by atoms with Crippen molar-refractivity contribution in [1.29, 1.82) is 0 Å². The first-order chi connectivity index (χ1) is 25.8. The molecule has 11 aromatic rings. The molecule has 6 nitrogen and oxygen atoms in total. The SMILES string of the molecule is c1ccc(-c2nc(-c3ccc4ccccc4c3-c3cncc4oc5cc6ccccc6cc5c34)nc(-c3cccc4oc5ccccc5c34)n2)cc1. The van der Waals surface area contributed by atoms with Gasteiger partial charge in [-0.1, -0.05) is 115 Å². The van der Waals surface area contributed by atoms with E-state index in [0.717, 1.165) is 93.2 Å². The number of rotatable bonds is 4. The second kappa shape index (κ2) is 11.2. The van der Waals surface area contributed by atoms with E-state index in [4.69, 9.17) is 28.8 Å². The first-order valence-electron chi connectivity index (χ1n) is 17.2. The van der Waals surface area contributed by atoms with E-state index in [1.165, 1.54) is 0 Å². The molecule has 0 spiro atoms. The summed E-state index contributed by atoms with van der Waals surface area (Å²) in [5.41, 5.74) is 7.72. The molecule has 0 aliphatic heterocycles. The number of nitrogens with zero attached hydrogens (tertiary/aromatic N) is 4. The summed E-state index contributed by atoms with van der Waals surface area (Å²) in [6, 6.07) is 49.6. The molecule has 0 aliphatic rings. The van der Waals surface area contributed by atoms with Gasteiger partial charge in [0.2, 0.25) is 0 Å². The van der Waals surface area contributed by atoms with E-state index in [-0.39, 0.29) is 0 Å². The van der Waals surface area contributed by atoms with E-state index in [0.29, 0.717) is 17.5 Å². The van der Waals surface area contributed by atoms with Crippen molar-refractivity contribution in [3.63, 3.8) is 0 Å². The van der Waals surface area contributed by atoms with Gasteiger partial charge in [0, 0.05) is 55.6 Å². The van der Waals surface area contributed by atoms with Crippen molar-refractivity contribution >= 4 is 65.4 Å². The van der Waals surface area contributed by atoms with Gasteiger partial charge in [-0.2, -0.15) is 0 Å². The van der Waals surface area contributed by atoms with Gasteiger partial charge >= 0.3 is 0 Å². The number of aromatic nitrogens is 4. The molecule has 0 N–H and O–H groups in total. The van der Waals surface area contributed by atoms with Gasteiger partial charge in [-0.25, -0.2) is 15.0 Å². The largest absolute Gasteiger partial charge is 0.456 e. The Bertz CT molecular complexity index is 3200. The van der Waals surface area contributed by atoms with Crippen LogP contribution < -0.4 is 0 Å². The average Bonchev–Trinajstić information content (AvgIpc) is 3.78. The van der Waals surface area contributed by atoms with Gasteiger partial charge in [-0.3, -0.25) is 4.98 Å². The number of fused-ring (bicyclic) bond motifs is 8. The minimum absolute atomic E-state index is 0.560. The minimum Gasteiger partial charge on any atom is -0.456 e. The van der Waals surface area contributed by atoms with E-state index in [2.05, 4.69) is 78.9 Å². The van der Waals surface area contributed by atoms with Crippen LogP contribution in [0.25, 0.3) is 111 Å². The van der Waals surface area contributed by atoms with E-state index in [1.807, 2.05) is 72.9 Å². The van der Waals surface area contributed by atoms with Gasteiger partial charge in [0.05, 0.1) is 6.20 Å². The molecule has 0 saturated heterocycles. The van der Waals surface area contributed by atoms with Gasteiger partial charge in [-0.05, 0) is 51.9 Å². The Labute approximate surface area is 296 Å². The van der Waals surface area contributed by atoms with Crippen molar-refractivity contribution in [2.24, 2.45) is 0 Å². The molecule has 7 aromatic carbocycles. The second-order valence-corrected chi connectivity index (χ2v) is 13.0. The molecule has 0 unspecified atom stereocenters. The molecule has 0 saturated carbocycles. The summed E-state index contributed by atoms with van der Waals surface area (Å²) in [6.45, 7) is 0. The predicted octanol–water partition coefficient (Wildman–Crippen LogP) is 12.0. The number of hydrogen-bond acceptors (Lipinski definition) is 6. The highest BCUT2D eigenvalue weighted by molar-refractivity contribution is 6.19. The third kappa shape index (κ3) is 4.38. The molecule has 4 heterocycles. The van der Waals surface area contributed by atoms with E-state index < -0.39 is 0 Å². The zero-order valence-electron chi connectivity index (χ0n) is 27.6. The predicted molar refractivity (Wildman–Crippen MR) is 209 cm³/mol. The van der Waals surface area contributed by atoms with Crippen molar-refractivity contribution in [3.05, 3.63) is 158 Å². The fourth-order valence-corrected chi connectivity index (χ4v) is 7.65. The summed E-state index contributed by atoms with van der Waals surface area (Å²) in [5, 5.41) is 8.46. The molecule has 0 radical (unpaired) electrons. The summed E-state index contributed by atoms with van der Waals surface area (Å²) < 4.78 is 12.8. The van der Waals surface area contributed by atoms with Gasteiger partial charge in [0.25, 0.3) is 0 Å². The fourth-order valence-electron chi connectivity index (χ4n) is 7.65. The van der Waals surface area contributed by atoms with Crippen molar-refractivity contribution in [3.8, 4) is 45.3 Å². The molecule has 0 bridgehead atoms. The highest BCUT2D eigenvalue weighted by atomic mass is 16.3. The lowest BCUT2D eigenvalue weighted by atomic mass is 9.91. The van der Waals surface area contributed by atoms with Crippen molar-refractivity contribution < 1.29 is 8.83 Å². The quantitative estimate of drug-likeness (QED) is 0.186. The van der Waals surface area contributed by atoms with Crippen LogP contribution in [0, 0.1) is 0 Å². The van der Waals surface area contributed by atoms with Crippen LogP contribution in [0.15, 0.2) is 167 Å². The minimum atomic E-state index is 0.560. The van der Waals surface area contributed by atoms with Crippen LogP contribution in [-0.4, -0.2) is 19.9 Å². The lowest BCUT2D eigenvalue weighted by molar-refractivity contribution is 0.667. The van der Waals surface area contributed by atoms with Crippen molar-refractivity contribution in [1.82, 2.24) is 19.9 Å². The Morgan fingerprint density at radius 1 is 0.365 bits per heavy atom. The smallest absolute Gasteiger partial charge is 0.164 e. The van der Waals surface area contributed by atoms with Crippen LogP contribution in [0.3, 0.4) is 0 Å². The van der Waals surface area contributed by atoms with E-state index >= 15 is 0 Å². The Balaban J connectivity index is 1.24. The molecule has 52 heavy (non-hydrogen) atoms. The zero-order valence-corrected chi connectivity index (χ0v) is 27.6. The first kappa shape index (κ1) is 28.6. The van der Waals surface area contributed by atoms with Crippen molar-refractivity contribution in [2.75, 3.05) is 0 Å². The van der Waals surface area contributed by atoms with Crippen LogP contribution in [0.4, 0.5) is 0 Å². The molecule has 0 aliphatic carbocycles. The van der Waals surface area contributed by atoms with Crippen LogP contribution >= 0.6 is 0 Å². The first-order valence-corrected chi connectivity index (χ1v) is 17.2. The maximum atomic E-state index is 6.49. The maximum Gasteiger partial charge on any atom is 0.164 e. The summed E-state index contributed by atoms with van der Waals surface area (Å²) in [7, 11) is 0. The average molecular weight is 667 g/mol. The Hall–Kier alpha value is -7.18. The Kier molecular flexibility index (Phi) is 6.15. The normalized spacial score (nSPS) is 11.8. The number of hydrogen-bond donors (Lipinski definition) is 0. The standard InChI is InChI=1S/C46H26N4O2/c1-2-12-28(13-3-1)44-48-45(33-18-10-20-38-42(33)32-17-8-9-19-37(32)51-38)50-46(49-44)34-22-21-27-11-6-7-16-31(27)41(34)36-25-47-26-40-43(36)35-23-29-14-4-5-15-30(29)24-39(35)52-40/h1-26H. The number of pyridine rings is 1. The molecule has 11 rings (SSSR count). The molecule has 0 amide bonds. The second-order valence-electron chi connectivity index (χ2n) is 13.0. The highest BCUT2D eigenvalue weighted by Crippen LogP contribution is 2.44. The molecule has 4 aromatic heterocycles. The van der Waals surface area contributed by atoms with E-state index in [1.54, 1.807) is 6.20 Å². The summed E-state index contributed by atoms with van der Waals surface area (Å²) in [5.74, 6) is 1.71. The maximum absolute atomic E-state index is 6.49. The fraction of sp³-hybridized carbons (Fsp3) is 0. The monoisotopic (exact) mass is 666 g/mol. The third-order valence-electron chi connectivity index (χ3n) is 10.00. The molecule has 6 heteroatoms. The van der Waals surface area contributed by atoms with Gasteiger partial charge in [-0.15, -0.1) is 0 Å². The Morgan fingerprint density at radius 2 is 1.02 bits per heavy atom. The van der Waals surface area contributed by atoms with Gasteiger partial charge < -0.3 is 8.83 Å². The molecular formula is C46H26N4O2. The van der Waals surface area contributed by atoms with Crippen molar-refractivity contribution in [2.45, 2.75) is 0 Å². The van der Waals surface area contributed by atoms with Gasteiger partial charge in [0.1, 0.15) is 16.7 Å². The number of benzene rings is 7. The van der Waals surface area contributed by atoms with Crippen LogP contribution in [0.2, 0.25) is 0 Å². The number of furan rings is 2. The summed E-state index contributed by atoms with van der Waals surface area (Å²) >= 11 is 0. The zero-order chi connectivity index (χ0) is 34.2. The molecule has 0 atom stereocenters. The third-order valence-corrected chi connectivity index (χ3v) is 10.00. The summed E-state index contributed by atoms with van der Waals surface area (Å²) in [6.07, 6.45) is 3.75. The topological polar surface area (TPSA) is 77.8 Å². The van der Waals surface area contributed by atoms with Crippen LogP contribution in [-0.2, 0) is 0 Å².